The summed E-state index contributed by atoms with van der Waals surface area (Å²) in [6.07, 6.45) is -9.90. The molecule has 53 heavy (non-hydrogen) atoms. The number of ether oxygens (including phenoxy) is 3. The Morgan fingerprint density at radius 3 is 2.30 bits per heavy atom. The molecule has 4 aromatic rings. The van der Waals surface area contributed by atoms with Crippen molar-refractivity contribution in [3.8, 4) is 0 Å². The number of hydrogen-bond donors (Lipinski definition) is 9. The molecule has 2 aliphatic rings. The van der Waals surface area contributed by atoms with Crippen LogP contribution >= 0.6 is 23.5 Å². The second-order valence-corrected chi connectivity index (χ2v) is 16.1. The van der Waals surface area contributed by atoms with Crippen molar-refractivity contribution < 1.29 is 80.1 Å². The largest absolute Gasteiger partial charge is 0.756 e. The van der Waals surface area contributed by atoms with E-state index in [4.69, 9.17) is 25.7 Å². The van der Waals surface area contributed by atoms with Crippen molar-refractivity contribution in [2.24, 2.45) is 7.05 Å². The fraction of sp³-hybridized carbons (Fsp3) is 0.545. The van der Waals surface area contributed by atoms with Crippen molar-refractivity contribution in [1.29, 1.82) is 0 Å². The molecule has 31 heteroatoms. The van der Waals surface area contributed by atoms with Crippen molar-refractivity contribution in [3.05, 3.63) is 33.4 Å². The summed E-state index contributed by atoms with van der Waals surface area (Å²) in [7, 11) is -15.0. The Hall–Kier alpha value is -3.53. The summed E-state index contributed by atoms with van der Waals surface area (Å²) in [5.74, 6) is -0.561. The number of phosphoric ester groups is 2. The van der Waals surface area contributed by atoms with E-state index in [1.54, 1.807) is 0 Å². The average Bonchev–Trinajstić information content (AvgIpc) is 3.76. The van der Waals surface area contributed by atoms with Gasteiger partial charge in [0.2, 0.25) is 17.7 Å². The minimum absolute atomic E-state index is 0.0152. The van der Waals surface area contributed by atoms with Gasteiger partial charge in [0.25, 0.3) is 24.9 Å². The van der Waals surface area contributed by atoms with E-state index in [1.807, 2.05) is 0 Å². The number of methoxy groups -OCH3 is 1. The molecule has 6 rings (SSSR count). The highest BCUT2D eigenvalue weighted by Crippen LogP contribution is 2.66. The molecule has 2 saturated heterocycles. The highest BCUT2D eigenvalue weighted by atomic mass is 31.3. The van der Waals surface area contributed by atoms with Crippen LogP contribution in [0.5, 0.6) is 0 Å². The molecular formula is C22H31N10O18P3. The molecule has 0 saturated carbocycles. The Labute approximate surface area is 293 Å². The fourth-order valence-corrected chi connectivity index (χ4v) is 9.19. The second kappa shape index (κ2) is 14.3. The predicted molar refractivity (Wildman–Crippen MR) is 166 cm³/mol. The number of phosphoric acid groups is 3. The molecule has 3 unspecified atom stereocenters. The van der Waals surface area contributed by atoms with E-state index >= 15 is 0 Å². The number of aryl methyl sites for hydroxylation is 1. The van der Waals surface area contributed by atoms with Crippen LogP contribution in [0.1, 0.15) is 12.5 Å². The SMILES string of the molecule is CO[C@@H]1[C@H](O)[C@@H]([n+]2cn(C)c3c(=O)[nH]c(N)nc32)O[C@H]1COP(=O)([O-])OP(=O)(O)OP(=O)(O)OC[C@H]1O[C@@H](n2cnc3c(=O)[nH]c(N)nc32)[C@H](O)[C@@H]1O. The lowest BCUT2D eigenvalue weighted by Gasteiger charge is -2.27. The number of nitrogens with one attached hydrogen (secondary N) is 2. The van der Waals surface area contributed by atoms with Crippen LogP contribution in [0.2, 0.25) is 0 Å². The maximum absolute atomic E-state index is 12.5. The Morgan fingerprint density at radius 2 is 1.60 bits per heavy atom. The van der Waals surface area contributed by atoms with Crippen LogP contribution < -0.4 is 32.0 Å². The third kappa shape index (κ3) is 7.85. The molecule has 292 valence electrons. The molecule has 0 radical (unpaired) electrons. The molecule has 0 spiro atoms. The van der Waals surface area contributed by atoms with E-state index in [-0.39, 0.29) is 34.2 Å². The van der Waals surface area contributed by atoms with Crippen LogP contribution in [-0.2, 0) is 52.6 Å². The smallest absolute Gasteiger partial charge is 0.487 e. The number of aliphatic hydroxyl groups is 3. The summed E-state index contributed by atoms with van der Waals surface area (Å²) >= 11 is 0. The molecular weight excluding hydrogens is 785 g/mol. The zero-order valence-corrected chi connectivity index (χ0v) is 29.6. The molecule has 28 nitrogen and oxygen atoms in total. The topological polar surface area (TPSA) is 410 Å². The van der Waals surface area contributed by atoms with E-state index < -0.39 is 96.9 Å². The van der Waals surface area contributed by atoms with Crippen LogP contribution in [-0.4, -0.2) is 116 Å². The lowest BCUT2D eigenvalue weighted by atomic mass is 10.1. The summed E-state index contributed by atoms with van der Waals surface area (Å²) in [5, 5.41) is 31.9. The first-order valence-electron chi connectivity index (χ1n) is 14.8. The number of aromatic nitrogens is 8. The zero-order valence-electron chi connectivity index (χ0n) is 26.9. The third-order valence-corrected chi connectivity index (χ3v) is 12.1. The number of H-pyrrole nitrogens is 2. The van der Waals surface area contributed by atoms with E-state index in [9.17, 15) is 53.3 Å². The van der Waals surface area contributed by atoms with Crippen molar-refractivity contribution in [2.45, 2.75) is 49.1 Å². The summed E-state index contributed by atoms with van der Waals surface area (Å²) < 4.78 is 74.8. The van der Waals surface area contributed by atoms with Crippen LogP contribution in [0.25, 0.3) is 22.3 Å². The molecule has 11 atom stereocenters. The normalized spacial score (nSPS) is 29.7. The molecule has 0 bridgehead atoms. The van der Waals surface area contributed by atoms with Gasteiger partial charge in [0, 0.05) is 7.11 Å². The Balaban J connectivity index is 1.06. The number of nitrogen functional groups attached to an aromatic ring is 2. The Kier molecular flexibility index (Phi) is 10.6. The van der Waals surface area contributed by atoms with Gasteiger partial charge in [-0.25, -0.2) is 23.0 Å². The van der Waals surface area contributed by atoms with Gasteiger partial charge in [-0.3, -0.25) is 37.8 Å². The van der Waals surface area contributed by atoms with Crippen molar-refractivity contribution in [3.63, 3.8) is 0 Å². The number of aliphatic hydroxyl groups excluding tert-OH is 3. The summed E-state index contributed by atoms with van der Waals surface area (Å²) in [6.45, 7) is -2.10. The Bertz CT molecular complexity index is 2300. The minimum atomic E-state index is -6.04. The maximum Gasteiger partial charge on any atom is 0.487 e. The number of imidazole rings is 2. The molecule has 2 fully saturated rings. The van der Waals surface area contributed by atoms with Gasteiger partial charge in [0.15, 0.2) is 23.7 Å². The number of fused-ring (bicyclic) bond motifs is 2. The summed E-state index contributed by atoms with van der Waals surface area (Å²) in [4.78, 5) is 73.3. The van der Waals surface area contributed by atoms with E-state index in [2.05, 4.69) is 42.6 Å². The highest BCUT2D eigenvalue weighted by Gasteiger charge is 2.50. The molecule has 0 aliphatic carbocycles. The molecule has 0 amide bonds. The maximum atomic E-state index is 12.5. The highest BCUT2D eigenvalue weighted by molar-refractivity contribution is 7.66. The van der Waals surface area contributed by atoms with Gasteiger partial charge in [-0.1, -0.05) is 4.98 Å². The lowest BCUT2D eigenvalue weighted by Crippen LogP contribution is -2.46. The van der Waals surface area contributed by atoms with E-state index in [0.717, 1.165) is 18.0 Å². The molecule has 11 N–H and O–H groups in total. The van der Waals surface area contributed by atoms with Crippen LogP contribution in [0, 0.1) is 0 Å². The van der Waals surface area contributed by atoms with Crippen LogP contribution in [0.15, 0.2) is 22.2 Å². The standard InChI is InChI=1S/C22H31N10O18P3/c1-30-6-32(16-10(30)18(37)29-22(24)27-16)20-13(35)14(44-2)8(48-20)4-46-52(40,41)50-53(42,43)49-51(38,39)45-3-7-11(33)12(34)19(47-7)31-5-25-9-15(31)26-21(23)28-17(9)36/h5-8,11-14,19-20,33-35H,3-4H2,1-2H3,(H8-,23,24,26,27,28,29,36,37,38,39,40,41,42,43)/t7-,8+,11-,12-,13+,14+,19-,20+/m1/s1. The van der Waals surface area contributed by atoms with E-state index in [0.29, 0.717) is 0 Å². The number of hydrogen-bond acceptors (Lipinski definition) is 21. The Morgan fingerprint density at radius 1 is 0.943 bits per heavy atom. The van der Waals surface area contributed by atoms with Gasteiger partial charge < -0.3 is 60.2 Å². The number of anilines is 2. The van der Waals surface area contributed by atoms with Crippen molar-refractivity contribution >= 4 is 57.7 Å². The first-order valence-corrected chi connectivity index (χ1v) is 19.2. The quantitative estimate of drug-likeness (QED) is 0.0453. The van der Waals surface area contributed by atoms with Crippen LogP contribution in [0.3, 0.4) is 0 Å². The predicted octanol–water partition coefficient (Wildman–Crippen LogP) is -4.53. The van der Waals surface area contributed by atoms with Gasteiger partial charge in [0.05, 0.1) is 26.6 Å². The van der Waals surface area contributed by atoms with Gasteiger partial charge >= 0.3 is 21.3 Å². The summed E-state index contributed by atoms with van der Waals surface area (Å²) in [6, 6.07) is 0. The minimum Gasteiger partial charge on any atom is -0.756 e. The number of aromatic amines is 2. The molecule has 2 aliphatic heterocycles. The first-order chi connectivity index (χ1) is 24.7. The van der Waals surface area contributed by atoms with Gasteiger partial charge in [-0.15, -0.1) is 0 Å². The van der Waals surface area contributed by atoms with Gasteiger partial charge in [-0.2, -0.15) is 9.29 Å². The molecule has 0 aromatic carbocycles. The first kappa shape index (κ1) is 39.2. The van der Waals surface area contributed by atoms with Crippen molar-refractivity contribution in [2.75, 3.05) is 31.8 Å². The lowest BCUT2D eigenvalue weighted by molar-refractivity contribution is -0.745. The zero-order chi connectivity index (χ0) is 38.8. The van der Waals surface area contributed by atoms with Crippen LogP contribution in [0.4, 0.5) is 11.9 Å². The average molecular weight is 816 g/mol. The number of nitrogens with zero attached hydrogens (tertiary/aromatic N) is 6. The van der Waals surface area contributed by atoms with Gasteiger partial charge in [-0.05, 0) is 0 Å². The summed E-state index contributed by atoms with van der Waals surface area (Å²) in [5.41, 5.74) is 9.54. The third-order valence-electron chi connectivity index (χ3n) is 7.92. The molecule has 6 heterocycles. The number of rotatable bonds is 13. The van der Waals surface area contributed by atoms with Gasteiger partial charge in [0.1, 0.15) is 36.6 Å². The van der Waals surface area contributed by atoms with Crippen molar-refractivity contribution in [1.82, 2.24) is 34.1 Å². The molecule has 4 aromatic heterocycles. The monoisotopic (exact) mass is 816 g/mol. The fourth-order valence-electron chi connectivity index (χ4n) is 5.71. The second-order valence-electron chi connectivity index (χ2n) is 11.5. The number of nitrogens with two attached hydrogens (primary N) is 2. The van der Waals surface area contributed by atoms with E-state index in [1.165, 1.54) is 22.5 Å².